The number of esters is 1. The summed E-state index contributed by atoms with van der Waals surface area (Å²) in [5.74, 6) is 2.13. The third-order valence-corrected chi connectivity index (χ3v) is 3.11. The lowest BCUT2D eigenvalue weighted by atomic mass is 10.2. The fraction of sp³-hybridized carbons (Fsp3) is 0.312. The van der Waals surface area contributed by atoms with Crippen LogP contribution >= 0.6 is 0 Å². The molecule has 0 saturated carbocycles. The van der Waals surface area contributed by atoms with Crippen LogP contribution in [0.2, 0.25) is 0 Å². The summed E-state index contributed by atoms with van der Waals surface area (Å²) in [6.45, 7) is 3.62. The zero-order valence-electron chi connectivity index (χ0n) is 12.6. The molecule has 0 aliphatic heterocycles. The SMILES string of the molecule is COc1ccc(OC)c(COC(=O)c2cc(C)oc2C)c1. The number of hydrogen-bond acceptors (Lipinski definition) is 5. The third-order valence-electron chi connectivity index (χ3n) is 3.11. The zero-order valence-corrected chi connectivity index (χ0v) is 12.6. The van der Waals surface area contributed by atoms with Crippen molar-refractivity contribution in [3.63, 3.8) is 0 Å². The smallest absolute Gasteiger partial charge is 0.342 e. The summed E-state index contributed by atoms with van der Waals surface area (Å²) in [5, 5.41) is 0. The maximum Gasteiger partial charge on any atom is 0.342 e. The van der Waals surface area contributed by atoms with Gasteiger partial charge in [-0.3, -0.25) is 0 Å². The van der Waals surface area contributed by atoms with Gasteiger partial charge >= 0.3 is 5.97 Å². The van der Waals surface area contributed by atoms with Crippen LogP contribution in [0.4, 0.5) is 0 Å². The third kappa shape index (κ3) is 3.37. The van der Waals surface area contributed by atoms with Crippen molar-refractivity contribution in [2.45, 2.75) is 20.5 Å². The molecule has 0 spiro atoms. The molecule has 0 saturated heterocycles. The van der Waals surface area contributed by atoms with Crippen LogP contribution in [0.3, 0.4) is 0 Å². The van der Waals surface area contributed by atoms with Gasteiger partial charge in [0.1, 0.15) is 35.2 Å². The van der Waals surface area contributed by atoms with Gasteiger partial charge in [0, 0.05) is 5.56 Å². The highest BCUT2D eigenvalue weighted by atomic mass is 16.5. The molecule has 112 valence electrons. The molecule has 2 aromatic rings. The number of rotatable bonds is 5. The van der Waals surface area contributed by atoms with Crippen LogP contribution in [0.15, 0.2) is 28.7 Å². The first-order valence-corrected chi connectivity index (χ1v) is 6.50. The Morgan fingerprint density at radius 1 is 1.14 bits per heavy atom. The first-order chi connectivity index (χ1) is 10.0. The van der Waals surface area contributed by atoms with Crippen molar-refractivity contribution in [1.29, 1.82) is 0 Å². The van der Waals surface area contributed by atoms with Gasteiger partial charge in [-0.25, -0.2) is 4.79 Å². The summed E-state index contributed by atoms with van der Waals surface area (Å²) >= 11 is 0. The number of benzene rings is 1. The van der Waals surface area contributed by atoms with E-state index in [0.29, 0.717) is 28.6 Å². The van der Waals surface area contributed by atoms with E-state index in [0.717, 1.165) is 5.56 Å². The average Bonchev–Trinajstić information content (AvgIpc) is 2.83. The minimum absolute atomic E-state index is 0.100. The monoisotopic (exact) mass is 290 g/mol. The van der Waals surface area contributed by atoms with Crippen molar-refractivity contribution in [2.75, 3.05) is 14.2 Å². The second-order valence-corrected chi connectivity index (χ2v) is 4.58. The highest BCUT2D eigenvalue weighted by molar-refractivity contribution is 5.90. The number of hydrogen-bond donors (Lipinski definition) is 0. The maximum absolute atomic E-state index is 12.1. The van der Waals surface area contributed by atoms with Crippen molar-refractivity contribution >= 4 is 5.97 Å². The largest absolute Gasteiger partial charge is 0.497 e. The summed E-state index contributed by atoms with van der Waals surface area (Å²) in [6.07, 6.45) is 0. The molecule has 1 aromatic carbocycles. The standard InChI is InChI=1S/C16H18O5/c1-10-7-14(11(2)21-10)16(17)20-9-12-8-13(18-3)5-6-15(12)19-4/h5-8H,9H2,1-4H3. The number of carbonyl (C=O) groups is 1. The van der Waals surface area contributed by atoms with Gasteiger partial charge in [-0.1, -0.05) is 0 Å². The lowest BCUT2D eigenvalue weighted by molar-refractivity contribution is 0.0468. The second-order valence-electron chi connectivity index (χ2n) is 4.58. The van der Waals surface area contributed by atoms with E-state index >= 15 is 0 Å². The summed E-state index contributed by atoms with van der Waals surface area (Å²) in [6, 6.07) is 7.00. The highest BCUT2D eigenvalue weighted by Gasteiger charge is 2.16. The van der Waals surface area contributed by atoms with Crippen molar-refractivity contribution in [3.05, 3.63) is 46.9 Å². The number of ether oxygens (including phenoxy) is 3. The molecular weight excluding hydrogens is 272 g/mol. The van der Waals surface area contributed by atoms with Gasteiger partial charge in [0.25, 0.3) is 0 Å². The Hall–Kier alpha value is -2.43. The van der Waals surface area contributed by atoms with Gasteiger partial charge in [0.05, 0.1) is 14.2 Å². The van der Waals surface area contributed by atoms with Crippen LogP contribution in [0.5, 0.6) is 11.5 Å². The van der Waals surface area contributed by atoms with E-state index in [9.17, 15) is 4.79 Å². The predicted molar refractivity (Wildman–Crippen MR) is 76.8 cm³/mol. The first kappa shape index (κ1) is 15.0. The molecule has 2 rings (SSSR count). The Bertz CT molecular complexity index is 642. The van der Waals surface area contributed by atoms with Crippen LogP contribution in [0.25, 0.3) is 0 Å². The summed E-state index contributed by atoms with van der Waals surface area (Å²) in [4.78, 5) is 12.1. The van der Waals surface area contributed by atoms with Crippen LogP contribution in [0.1, 0.15) is 27.4 Å². The van der Waals surface area contributed by atoms with Gasteiger partial charge in [-0.05, 0) is 38.1 Å². The molecule has 1 heterocycles. The van der Waals surface area contributed by atoms with Gasteiger partial charge in [-0.15, -0.1) is 0 Å². The lowest BCUT2D eigenvalue weighted by Crippen LogP contribution is -2.06. The molecule has 1 aromatic heterocycles. The van der Waals surface area contributed by atoms with Gasteiger partial charge in [0.2, 0.25) is 0 Å². The quantitative estimate of drug-likeness (QED) is 0.791. The van der Waals surface area contributed by atoms with Crippen LogP contribution in [0, 0.1) is 13.8 Å². The fourth-order valence-electron chi connectivity index (χ4n) is 2.05. The molecule has 0 aliphatic carbocycles. The second kappa shape index (κ2) is 6.35. The zero-order chi connectivity index (χ0) is 15.4. The van der Waals surface area contributed by atoms with Crippen molar-refractivity contribution in [1.82, 2.24) is 0 Å². The molecule has 0 amide bonds. The van der Waals surface area contributed by atoms with Crippen LogP contribution in [-0.4, -0.2) is 20.2 Å². The summed E-state index contributed by atoms with van der Waals surface area (Å²) < 4.78 is 21.0. The topological polar surface area (TPSA) is 57.9 Å². The van der Waals surface area contributed by atoms with E-state index in [1.54, 1.807) is 52.3 Å². The lowest BCUT2D eigenvalue weighted by Gasteiger charge is -2.10. The Labute approximate surface area is 123 Å². The van der Waals surface area contributed by atoms with Crippen LogP contribution < -0.4 is 9.47 Å². The number of carbonyl (C=O) groups excluding carboxylic acids is 1. The average molecular weight is 290 g/mol. The van der Waals surface area contributed by atoms with Crippen molar-refractivity contribution in [3.8, 4) is 11.5 Å². The molecule has 0 fully saturated rings. The molecule has 21 heavy (non-hydrogen) atoms. The molecule has 0 unspecified atom stereocenters. The molecule has 5 nitrogen and oxygen atoms in total. The Morgan fingerprint density at radius 2 is 1.90 bits per heavy atom. The molecular formula is C16H18O5. The predicted octanol–water partition coefficient (Wildman–Crippen LogP) is 3.27. The number of furan rings is 1. The van der Waals surface area contributed by atoms with E-state index in [2.05, 4.69) is 0 Å². The minimum atomic E-state index is -0.422. The first-order valence-electron chi connectivity index (χ1n) is 6.50. The number of methoxy groups -OCH3 is 2. The number of aryl methyl sites for hydroxylation is 2. The van der Waals surface area contributed by atoms with E-state index in [1.807, 2.05) is 0 Å². The Morgan fingerprint density at radius 3 is 2.48 bits per heavy atom. The van der Waals surface area contributed by atoms with Gasteiger partial charge < -0.3 is 18.6 Å². The Balaban J connectivity index is 2.12. The molecule has 0 atom stereocenters. The highest BCUT2D eigenvalue weighted by Crippen LogP contribution is 2.25. The van der Waals surface area contributed by atoms with E-state index in [1.165, 1.54) is 0 Å². The van der Waals surface area contributed by atoms with Gasteiger partial charge in [0.15, 0.2) is 0 Å². The molecule has 0 N–H and O–H groups in total. The van der Waals surface area contributed by atoms with E-state index < -0.39 is 5.97 Å². The molecule has 5 heteroatoms. The summed E-state index contributed by atoms with van der Waals surface area (Å²) in [5.41, 5.74) is 1.18. The normalized spacial score (nSPS) is 10.3. The Kier molecular flexibility index (Phi) is 4.52. The summed E-state index contributed by atoms with van der Waals surface area (Å²) in [7, 11) is 3.14. The minimum Gasteiger partial charge on any atom is -0.497 e. The van der Waals surface area contributed by atoms with E-state index in [-0.39, 0.29) is 6.61 Å². The molecule has 0 aliphatic rings. The van der Waals surface area contributed by atoms with E-state index in [4.69, 9.17) is 18.6 Å². The molecule has 0 radical (unpaired) electrons. The van der Waals surface area contributed by atoms with Crippen molar-refractivity contribution < 1.29 is 23.4 Å². The fourth-order valence-corrected chi connectivity index (χ4v) is 2.05. The van der Waals surface area contributed by atoms with Crippen molar-refractivity contribution in [2.24, 2.45) is 0 Å². The molecule has 0 bridgehead atoms. The van der Waals surface area contributed by atoms with Gasteiger partial charge in [-0.2, -0.15) is 0 Å². The van der Waals surface area contributed by atoms with Crippen LogP contribution in [-0.2, 0) is 11.3 Å². The maximum atomic E-state index is 12.1.